The van der Waals surface area contributed by atoms with Gasteiger partial charge in [0.1, 0.15) is 4.83 Å². The first-order valence-electron chi connectivity index (χ1n) is 7.28. The molecule has 0 unspecified atom stereocenters. The van der Waals surface area contributed by atoms with Crippen LogP contribution in [0.3, 0.4) is 0 Å². The number of hydrogen-bond acceptors (Lipinski definition) is 4. The highest BCUT2D eigenvalue weighted by molar-refractivity contribution is 7.20. The number of hydrogen-bond donors (Lipinski definition) is 2. The molecule has 0 fully saturated rings. The minimum absolute atomic E-state index is 0. The third-order valence-electron chi connectivity index (χ3n) is 3.54. The van der Waals surface area contributed by atoms with Crippen LogP contribution in [0.4, 0.5) is 0 Å². The number of nitrogens with two attached hydrogens (primary N) is 1. The fourth-order valence-electron chi connectivity index (χ4n) is 2.39. The molecule has 0 aliphatic heterocycles. The number of thiophene rings is 1. The molecular formula is C16H18Cl2N4OS. The van der Waals surface area contributed by atoms with Crippen molar-refractivity contribution in [2.24, 2.45) is 5.73 Å². The Morgan fingerprint density at radius 3 is 2.88 bits per heavy atom. The van der Waals surface area contributed by atoms with E-state index >= 15 is 0 Å². The lowest BCUT2D eigenvalue weighted by molar-refractivity contribution is 0.0959. The van der Waals surface area contributed by atoms with E-state index in [2.05, 4.69) is 10.4 Å². The van der Waals surface area contributed by atoms with Crippen LogP contribution < -0.4 is 11.1 Å². The van der Waals surface area contributed by atoms with Gasteiger partial charge in [0.05, 0.1) is 17.1 Å². The van der Waals surface area contributed by atoms with Gasteiger partial charge in [0.15, 0.2) is 0 Å². The van der Waals surface area contributed by atoms with Crippen molar-refractivity contribution in [3.05, 3.63) is 51.5 Å². The number of nitrogens with one attached hydrogen (secondary N) is 1. The molecule has 1 aromatic carbocycles. The first kappa shape index (κ1) is 18.7. The Labute approximate surface area is 155 Å². The van der Waals surface area contributed by atoms with Gasteiger partial charge >= 0.3 is 0 Å². The monoisotopic (exact) mass is 384 g/mol. The highest BCUT2D eigenvalue weighted by Gasteiger charge is 2.16. The van der Waals surface area contributed by atoms with Crippen molar-refractivity contribution in [3.63, 3.8) is 0 Å². The second kappa shape index (κ2) is 7.98. The summed E-state index contributed by atoms with van der Waals surface area (Å²) in [6.07, 6.45) is 0. The molecule has 2 aromatic heterocycles. The zero-order chi connectivity index (χ0) is 16.4. The molecule has 128 valence electrons. The van der Waals surface area contributed by atoms with Gasteiger partial charge in [-0.15, -0.1) is 23.7 Å². The fraction of sp³-hybridized carbons (Fsp3) is 0.250. The largest absolute Gasteiger partial charge is 0.350 e. The predicted molar refractivity (Wildman–Crippen MR) is 102 cm³/mol. The molecule has 3 rings (SSSR count). The zero-order valence-electron chi connectivity index (χ0n) is 13.1. The molecule has 0 aliphatic carbocycles. The number of amides is 1. The second-order valence-corrected chi connectivity index (χ2v) is 6.65. The van der Waals surface area contributed by atoms with Gasteiger partial charge in [0, 0.05) is 23.5 Å². The average molecular weight is 385 g/mol. The van der Waals surface area contributed by atoms with Crippen molar-refractivity contribution in [2.75, 3.05) is 13.1 Å². The van der Waals surface area contributed by atoms with Gasteiger partial charge in [-0.25, -0.2) is 0 Å². The standard InChI is InChI=1S/C16H17ClN4OS.ClH/c1-10-12-8-14(15(22)19-7-6-18)23-16(12)21(20-10)9-11-4-2-3-5-13(11)17;/h2-5,8H,6-7,9,18H2,1H3,(H,19,22);1H. The molecule has 8 heteroatoms. The first-order chi connectivity index (χ1) is 11.1. The summed E-state index contributed by atoms with van der Waals surface area (Å²) >= 11 is 7.66. The average Bonchev–Trinajstić information content (AvgIpc) is 3.09. The van der Waals surface area contributed by atoms with E-state index in [4.69, 9.17) is 17.3 Å². The van der Waals surface area contributed by atoms with Crippen LogP contribution in [0, 0.1) is 6.92 Å². The van der Waals surface area contributed by atoms with Crippen LogP contribution in [0.2, 0.25) is 5.02 Å². The van der Waals surface area contributed by atoms with E-state index in [0.717, 1.165) is 21.5 Å². The molecule has 0 spiro atoms. The summed E-state index contributed by atoms with van der Waals surface area (Å²) in [6.45, 7) is 3.42. The smallest absolute Gasteiger partial charge is 0.261 e. The summed E-state index contributed by atoms with van der Waals surface area (Å²) in [7, 11) is 0. The number of benzene rings is 1. The van der Waals surface area contributed by atoms with Crippen LogP contribution in [0.5, 0.6) is 0 Å². The van der Waals surface area contributed by atoms with E-state index in [0.29, 0.717) is 29.5 Å². The van der Waals surface area contributed by atoms with Gasteiger partial charge in [-0.2, -0.15) is 5.10 Å². The van der Waals surface area contributed by atoms with E-state index in [1.165, 1.54) is 11.3 Å². The third kappa shape index (κ3) is 3.72. The maximum atomic E-state index is 12.1. The Kier molecular flexibility index (Phi) is 6.23. The number of rotatable bonds is 5. The lowest BCUT2D eigenvalue weighted by atomic mass is 10.2. The molecule has 0 bridgehead atoms. The van der Waals surface area contributed by atoms with Crippen LogP contribution in [-0.4, -0.2) is 28.8 Å². The molecule has 0 saturated heterocycles. The number of carbonyl (C=O) groups excluding carboxylic acids is 1. The highest BCUT2D eigenvalue weighted by Crippen LogP contribution is 2.29. The number of carbonyl (C=O) groups is 1. The van der Waals surface area contributed by atoms with Crippen molar-refractivity contribution in [3.8, 4) is 0 Å². The lowest BCUT2D eigenvalue weighted by Gasteiger charge is -2.05. The summed E-state index contributed by atoms with van der Waals surface area (Å²) in [5.74, 6) is -0.0969. The Hall–Kier alpha value is -1.60. The maximum Gasteiger partial charge on any atom is 0.261 e. The zero-order valence-corrected chi connectivity index (χ0v) is 15.5. The Morgan fingerprint density at radius 2 is 2.17 bits per heavy atom. The quantitative estimate of drug-likeness (QED) is 0.708. The van der Waals surface area contributed by atoms with Crippen molar-refractivity contribution >= 4 is 51.5 Å². The number of halogens is 2. The van der Waals surface area contributed by atoms with Crippen LogP contribution in [-0.2, 0) is 6.54 Å². The first-order valence-corrected chi connectivity index (χ1v) is 8.48. The van der Waals surface area contributed by atoms with Gasteiger partial charge in [0.2, 0.25) is 0 Å². The van der Waals surface area contributed by atoms with E-state index in [9.17, 15) is 4.79 Å². The number of aromatic nitrogens is 2. The molecule has 24 heavy (non-hydrogen) atoms. The highest BCUT2D eigenvalue weighted by atomic mass is 35.5. The minimum atomic E-state index is -0.0969. The van der Waals surface area contributed by atoms with E-state index in [1.54, 1.807) is 0 Å². The second-order valence-electron chi connectivity index (χ2n) is 5.21. The molecule has 5 nitrogen and oxygen atoms in total. The SMILES string of the molecule is Cc1nn(Cc2ccccc2Cl)c2sc(C(=O)NCCN)cc12.Cl. The third-order valence-corrected chi connectivity index (χ3v) is 5.05. The van der Waals surface area contributed by atoms with Crippen LogP contribution in [0.15, 0.2) is 30.3 Å². The Morgan fingerprint density at radius 1 is 1.42 bits per heavy atom. The van der Waals surface area contributed by atoms with Gasteiger partial charge in [-0.05, 0) is 24.6 Å². The topological polar surface area (TPSA) is 72.9 Å². The summed E-state index contributed by atoms with van der Waals surface area (Å²) < 4.78 is 1.90. The molecular weight excluding hydrogens is 367 g/mol. The summed E-state index contributed by atoms with van der Waals surface area (Å²) in [6, 6.07) is 9.59. The number of fused-ring (bicyclic) bond motifs is 1. The summed E-state index contributed by atoms with van der Waals surface area (Å²) in [5, 5.41) is 9.07. The number of aryl methyl sites for hydroxylation is 1. The van der Waals surface area contributed by atoms with Crippen molar-refractivity contribution < 1.29 is 4.79 Å². The normalized spacial score (nSPS) is 10.6. The Bertz CT molecular complexity index is 859. The molecule has 0 atom stereocenters. The summed E-state index contributed by atoms with van der Waals surface area (Å²) in [4.78, 5) is 13.7. The van der Waals surface area contributed by atoms with Gasteiger partial charge in [-0.3, -0.25) is 9.48 Å². The van der Waals surface area contributed by atoms with Gasteiger partial charge < -0.3 is 11.1 Å². The molecule has 1 amide bonds. The Balaban J connectivity index is 0.00000208. The van der Waals surface area contributed by atoms with Crippen LogP contribution in [0.1, 0.15) is 20.9 Å². The molecule has 0 radical (unpaired) electrons. The molecule has 3 N–H and O–H groups in total. The predicted octanol–water partition coefficient (Wildman–Crippen LogP) is 3.22. The van der Waals surface area contributed by atoms with E-state index in [-0.39, 0.29) is 18.3 Å². The van der Waals surface area contributed by atoms with Gasteiger partial charge in [-0.1, -0.05) is 29.8 Å². The molecule has 0 aliphatic rings. The van der Waals surface area contributed by atoms with E-state index < -0.39 is 0 Å². The van der Waals surface area contributed by atoms with Crippen molar-refractivity contribution in [1.29, 1.82) is 0 Å². The number of nitrogens with zero attached hydrogens (tertiary/aromatic N) is 2. The summed E-state index contributed by atoms with van der Waals surface area (Å²) in [5.41, 5.74) is 7.33. The van der Waals surface area contributed by atoms with E-state index in [1.807, 2.05) is 41.9 Å². The fourth-order valence-corrected chi connectivity index (χ4v) is 3.67. The van der Waals surface area contributed by atoms with Crippen molar-refractivity contribution in [2.45, 2.75) is 13.5 Å². The van der Waals surface area contributed by atoms with Gasteiger partial charge in [0.25, 0.3) is 5.91 Å². The van der Waals surface area contributed by atoms with Crippen LogP contribution in [0.25, 0.3) is 10.2 Å². The molecule has 2 heterocycles. The lowest BCUT2D eigenvalue weighted by Crippen LogP contribution is -2.28. The maximum absolute atomic E-state index is 12.1. The molecule has 0 saturated carbocycles. The molecule has 3 aromatic rings. The minimum Gasteiger partial charge on any atom is -0.350 e. The van der Waals surface area contributed by atoms with Crippen molar-refractivity contribution in [1.82, 2.24) is 15.1 Å². The van der Waals surface area contributed by atoms with Crippen LogP contribution >= 0.6 is 35.3 Å².